The second-order valence-corrected chi connectivity index (χ2v) is 5.84. The fraction of sp³-hybridized carbons (Fsp3) is 0.188. The molecular weight excluding hydrogens is 298 g/mol. The van der Waals surface area contributed by atoms with Gasteiger partial charge < -0.3 is 5.11 Å². The molecule has 0 fully saturated rings. The van der Waals surface area contributed by atoms with E-state index in [4.69, 9.17) is 5.26 Å². The van der Waals surface area contributed by atoms with Gasteiger partial charge in [-0.1, -0.05) is 6.07 Å². The Kier molecular flexibility index (Phi) is 3.65. The molecule has 0 atom stereocenters. The zero-order chi connectivity index (χ0) is 15.7. The molecule has 3 rings (SSSR count). The Morgan fingerprint density at radius 3 is 2.91 bits per heavy atom. The van der Waals surface area contributed by atoms with E-state index in [0.29, 0.717) is 12.2 Å². The van der Waals surface area contributed by atoms with Gasteiger partial charge in [-0.3, -0.25) is 0 Å². The molecule has 0 saturated carbocycles. The molecule has 0 amide bonds. The number of pyridine rings is 1. The molecule has 3 aromatic heterocycles. The van der Waals surface area contributed by atoms with Gasteiger partial charge in [-0.05, 0) is 30.0 Å². The van der Waals surface area contributed by atoms with Crippen molar-refractivity contribution < 1.29 is 9.67 Å². The molecule has 5 nitrogen and oxygen atoms in total. The van der Waals surface area contributed by atoms with Crippen LogP contribution in [0.1, 0.15) is 12.0 Å². The predicted octanol–water partition coefficient (Wildman–Crippen LogP) is 2.24. The maximum atomic E-state index is 12.8. The highest BCUT2D eigenvalue weighted by atomic mass is 32.1. The van der Waals surface area contributed by atoms with Gasteiger partial charge in [-0.2, -0.15) is 14.2 Å². The Balaban J connectivity index is 2.41. The van der Waals surface area contributed by atoms with E-state index in [1.165, 1.54) is 15.7 Å². The predicted molar refractivity (Wildman–Crippen MR) is 83.8 cm³/mol. The van der Waals surface area contributed by atoms with E-state index in [-0.39, 0.29) is 23.4 Å². The number of hydrogen-bond acceptors (Lipinski definition) is 4. The summed E-state index contributed by atoms with van der Waals surface area (Å²) in [5.41, 5.74) is 1.54. The lowest BCUT2D eigenvalue weighted by atomic mass is 10.2. The zero-order valence-corrected chi connectivity index (χ0v) is 12.8. The minimum atomic E-state index is -0.258. The molecule has 0 unspecified atom stereocenters. The molecule has 3 aromatic rings. The maximum absolute atomic E-state index is 12.8. The van der Waals surface area contributed by atoms with Gasteiger partial charge in [0.1, 0.15) is 6.54 Å². The number of aryl methyl sites for hydroxylation is 2. The Hall–Kier alpha value is -2.65. The summed E-state index contributed by atoms with van der Waals surface area (Å²) in [5.74, 6) is -0.0861. The van der Waals surface area contributed by atoms with Crippen molar-refractivity contribution in [3.8, 4) is 22.4 Å². The van der Waals surface area contributed by atoms with Crippen molar-refractivity contribution in [1.29, 1.82) is 5.26 Å². The zero-order valence-electron chi connectivity index (χ0n) is 12.0. The van der Waals surface area contributed by atoms with Gasteiger partial charge in [0, 0.05) is 6.07 Å². The Morgan fingerprint density at radius 1 is 1.41 bits per heavy atom. The molecule has 22 heavy (non-hydrogen) atoms. The highest BCUT2D eigenvalue weighted by Gasteiger charge is 2.26. The first kappa shape index (κ1) is 14.3. The van der Waals surface area contributed by atoms with E-state index in [0.717, 1.165) is 10.4 Å². The van der Waals surface area contributed by atoms with Crippen LogP contribution in [0.2, 0.25) is 0 Å². The monoisotopic (exact) mass is 312 g/mol. The van der Waals surface area contributed by atoms with Gasteiger partial charge in [0.25, 0.3) is 11.5 Å². The minimum absolute atomic E-state index is 0.0861. The van der Waals surface area contributed by atoms with E-state index in [9.17, 15) is 9.90 Å². The average molecular weight is 312 g/mol. The third kappa shape index (κ3) is 2.16. The molecule has 0 aliphatic rings. The summed E-state index contributed by atoms with van der Waals surface area (Å²) in [5, 5.41) is 21.4. The van der Waals surface area contributed by atoms with Crippen LogP contribution < -0.4 is 10.1 Å². The van der Waals surface area contributed by atoms with E-state index in [2.05, 4.69) is 6.07 Å². The number of nitrogens with zero attached hydrogens (tertiary/aromatic N) is 3. The highest BCUT2D eigenvalue weighted by Crippen LogP contribution is 2.31. The van der Waals surface area contributed by atoms with Crippen molar-refractivity contribution in [1.82, 2.24) is 4.40 Å². The fourth-order valence-electron chi connectivity index (χ4n) is 2.50. The molecule has 0 spiro atoms. The van der Waals surface area contributed by atoms with Crippen molar-refractivity contribution in [2.75, 3.05) is 0 Å². The number of fused-ring (bicyclic) bond motifs is 1. The Morgan fingerprint density at radius 2 is 2.23 bits per heavy atom. The van der Waals surface area contributed by atoms with Gasteiger partial charge in [0.15, 0.2) is 5.56 Å². The van der Waals surface area contributed by atoms with E-state index in [1.54, 1.807) is 29.0 Å². The van der Waals surface area contributed by atoms with Crippen LogP contribution in [-0.4, -0.2) is 9.51 Å². The third-order valence-corrected chi connectivity index (χ3v) is 4.60. The molecule has 0 radical (unpaired) electrons. The first-order valence-electron chi connectivity index (χ1n) is 6.82. The van der Waals surface area contributed by atoms with Gasteiger partial charge in [0.2, 0.25) is 0 Å². The van der Waals surface area contributed by atoms with Crippen molar-refractivity contribution in [2.24, 2.45) is 0 Å². The van der Waals surface area contributed by atoms with Crippen LogP contribution in [0.3, 0.4) is 0 Å². The molecule has 0 bridgehead atoms. The van der Waals surface area contributed by atoms with Crippen molar-refractivity contribution >= 4 is 17.0 Å². The summed E-state index contributed by atoms with van der Waals surface area (Å²) in [6.45, 7) is 2.23. The molecule has 1 N–H and O–H groups in total. The third-order valence-electron chi connectivity index (χ3n) is 3.56. The second kappa shape index (κ2) is 5.62. The normalized spacial score (nSPS) is 10.7. The quantitative estimate of drug-likeness (QED) is 0.754. The Bertz CT molecular complexity index is 950. The minimum Gasteiger partial charge on any atom is -0.477 e. The number of aromatic hydroxyl groups is 1. The summed E-state index contributed by atoms with van der Waals surface area (Å²) >= 11 is 1.42. The largest absolute Gasteiger partial charge is 0.477 e. The van der Waals surface area contributed by atoms with Gasteiger partial charge >= 0.3 is 5.56 Å². The van der Waals surface area contributed by atoms with Crippen molar-refractivity contribution in [2.45, 2.75) is 19.9 Å². The number of hydrogen-bond donors (Lipinski definition) is 1. The van der Waals surface area contributed by atoms with E-state index < -0.39 is 0 Å². The van der Waals surface area contributed by atoms with Crippen LogP contribution in [0.4, 0.5) is 0 Å². The second-order valence-electron chi connectivity index (χ2n) is 4.93. The first-order valence-corrected chi connectivity index (χ1v) is 7.70. The molecule has 3 heterocycles. The standard InChI is InChI=1S/C16H13N3O2S/c1-11-6-10-22-14(11)13-15(20)18-8-3-2-5-12(18)19(16(13)21)9-4-7-17/h2-3,5-6,8,10H,4,9H2,1H3/p+1. The molecule has 0 aliphatic heterocycles. The molecule has 6 heteroatoms. The van der Waals surface area contributed by atoms with Crippen molar-refractivity contribution in [3.05, 3.63) is 51.8 Å². The van der Waals surface area contributed by atoms with Crippen LogP contribution in [0.5, 0.6) is 5.88 Å². The van der Waals surface area contributed by atoms with E-state index in [1.807, 2.05) is 18.4 Å². The number of thiophene rings is 1. The number of aromatic nitrogens is 2. The topological polar surface area (TPSA) is 69.4 Å². The van der Waals surface area contributed by atoms with Gasteiger partial charge in [-0.25, -0.2) is 4.79 Å². The summed E-state index contributed by atoms with van der Waals surface area (Å²) in [6.07, 6.45) is 1.93. The van der Waals surface area contributed by atoms with Crippen LogP contribution in [0, 0.1) is 18.3 Å². The summed E-state index contributed by atoms with van der Waals surface area (Å²) in [4.78, 5) is 13.5. The summed E-state index contributed by atoms with van der Waals surface area (Å²) < 4.78 is 3.12. The number of rotatable bonds is 3. The Labute approximate surface area is 130 Å². The van der Waals surface area contributed by atoms with Crippen LogP contribution >= 0.6 is 11.3 Å². The summed E-state index contributed by atoms with van der Waals surface area (Å²) in [6, 6.07) is 9.31. The van der Waals surface area contributed by atoms with Crippen LogP contribution in [-0.2, 0) is 6.54 Å². The van der Waals surface area contributed by atoms with Crippen molar-refractivity contribution in [3.63, 3.8) is 0 Å². The fourth-order valence-corrected chi connectivity index (χ4v) is 3.45. The molecule has 0 saturated heterocycles. The lowest BCUT2D eigenvalue weighted by Gasteiger charge is -2.08. The molecule has 0 aliphatic carbocycles. The molecule has 0 aromatic carbocycles. The average Bonchev–Trinajstić information content (AvgIpc) is 2.93. The molecule has 110 valence electrons. The molecular formula is C16H14N3O2S+. The first-order chi connectivity index (χ1) is 10.6. The smallest absolute Gasteiger partial charge is 0.355 e. The summed E-state index contributed by atoms with van der Waals surface area (Å²) in [7, 11) is 0. The van der Waals surface area contributed by atoms with Crippen LogP contribution in [0.15, 0.2) is 40.6 Å². The van der Waals surface area contributed by atoms with Gasteiger partial charge in [-0.15, -0.1) is 11.3 Å². The highest BCUT2D eigenvalue weighted by molar-refractivity contribution is 7.13. The van der Waals surface area contributed by atoms with E-state index >= 15 is 0 Å². The maximum Gasteiger partial charge on any atom is 0.355 e. The lowest BCUT2D eigenvalue weighted by molar-refractivity contribution is -0.679. The lowest BCUT2D eigenvalue weighted by Crippen LogP contribution is -2.40. The van der Waals surface area contributed by atoms with Gasteiger partial charge in [0.05, 0.1) is 23.6 Å². The SMILES string of the molecule is Cc1ccsc1-c1c(O)[n+](CCC#N)c2ccccn2c1=O. The number of nitriles is 1. The van der Waals surface area contributed by atoms with Crippen LogP contribution in [0.25, 0.3) is 16.1 Å².